The first-order valence-corrected chi connectivity index (χ1v) is 3.31. The highest BCUT2D eigenvalue weighted by Gasteiger charge is 2.13. The van der Waals surface area contributed by atoms with Crippen LogP contribution in [0.4, 0.5) is 0 Å². The van der Waals surface area contributed by atoms with E-state index in [-0.39, 0.29) is 11.6 Å². The van der Waals surface area contributed by atoms with E-state index in [2.05, 4.69) is 9.98 Å². The van der Waals surface area contributed by atoms with Crippen molar-refractivity contribution in [1.29, 1.82) is 0 Å². The third-order valence-corrected chi connectivity index (χ3v) is 1.41. The van der Waals surface area contributed by atoms with Crippen LogP contribution in [0, 0.1) is 0 Å². The third-order valence-electron chi connectivity index (χ3n) is 1.41. The molecule has 12 heavy (non-hydrogen) atoms. The number of aromatic hydroxyl groups is 1. The van der Waals surface area contributed by atoms with Gasteiger partial charge >= 0.3 is 5.90 Å². The predicted molar refractivity (Wildman–Crippen MR) is 42.4 cm³/mol. The van der Waals surface area contributed by atoms with E-state index in [0.29, 0.717) is 0 Å². The molecule has 0 aromatic carbocycles. The lowest BCUT2D eigenvalue weighted by atomic mass is 10.3. The normalized spacial score (nSPS) is 11.6. The highest BCUT2D eigenvalue weighted by Crippen LogP contribution is 2.04. The Labute approximate surface area is 68.0 Å². The van der Waals surface area contributed by atoms with Crippen molar-refractivity contribution in [1.82, 2.24) is 4.98 Å². The summed E-state index contributed by atoms with van der Waals surface area (Å²) in [5.41, 5.74) is -0.546. The van der Waals surface area contributed by atoms with Crippen LogP contribution < -0.4 is 10.4 Å². The Hall–Kier alpha value is -1.78. The Morgan fingerprint density at radius 3 is 2.92 bits per heavy atom. The molecule has 1 rings (SSSR count). The first-order chi connectivity index (χ1) is 5.66. The minimum Gasteiger partial charge on any atom is -0.502 e. The second-order valence-electron chi connectivity index (χ2n) is 2.16. The zero-order valence-electron chi connectivity index (χ0n) is 6.46. The molecule has 0 saturated heterocycles. The second-order valence-corrected chi connectivity index (χ2v) is 2.16. The molecule has 4 N–H and O–H groups in total. The molecule has 0 aliphatic rings. The topological polar surface area (TPSA) is 87.3 Å². The number of aromatic amines is 1. The van der Waals surface area contributed by atoms with Crippen LogP contribution in [0.3, 0.4) is 0 Å². The van der Waals surface area contributed by atoms with E-state index in [1.54, 1.807) is 0 Å². The lowest BCUT2D eigenvalue weighted by Gasteiger charge is -1.95. The summed E-state index contributed by atoms with van der Waals surface area (Å²) in [7, 11) is 1.47. The standard InChI is InChI=1S/C7H8N2O3/c1-8-7(12)5-6(11)4(10)2-3-9-5/h2-3,11H,1H3,(H,8,12)(H,9,10)/p+1. The van der Waals surface area contributed by atoms with E-state index >= 15 is 0 Å². The molecule has 0 unspecified atom stereocenters. The van der Waals surface area contributed by atoms with Crippen molar-refractivity contribution < 1.29 is 15.2 Å². The van der Waals surface area contributed by atoms with Crippen LogP contribution in [0.1, 0.15) is 5.69 Å². The smallest absolute Gasteiger partial charge is 0.386 e. The van der Waals surface area contributed by atoms with Gasteiger partial charge in [0, 0.05) is 12.3 Å². The summed E-state index contributed by atoms with van der Waals surface area (Å²) in [6.45, 7) is 0. The van der Waals surface area contributed by atoms with E-state index in [1.165, 1.54) is 19.3 Å². The molecule has 1 aromatic heterocycles. The molecule has 1 aromatic rings. The number of H-pyrrole nitrogens is 1. The fourth-order valence-electron chi connectivity index (χ4n) is 0.777. The zero-order chi connectivity index (χ0) is 9.14. The van der Waals surface area contributed by atoms with Gasteiger partial charge in [0.05, 0.1) is 0 Å². The molecule has 0 saturated carbocycles. The number of aromatic nitrogens is 1. The number of nitrogens with one attached hydrogen (secondary N) is 2. The van der Waals surface area contributed by atoms with Gasteiger partial charge in [-0.3, -0.25) is 4.79 Å². The van der Waals surface area contributed by atoms with E-state index < -0.39 is 11.2 Å². The molecule has 0 fully saturated rings. The molecule has 0 amide bonds. The minimum atomic E-state index is -0.537. The number of rotatable bonds is 1. The second kappa shape index (κ2) is 3.08. The molecule has 5 nitrogen and oxygen atoms in total. The monoisotopic (exact) mass is 169 g/mol. The van der Waals surface area contributed by atoms with Gasteiger partial charge in [-0.05, 0) is 0 Å². The molecule has 0 bridgehead atoms. The predicted octanol–water partition coefficient (Wildman–Crippen LogP) is -1.90. The van der Waals surface area contributed by atoms with E-state index in [0.717, 1.165) is 0 Å². The van der Waals surface area contributed by atoms with Crippen LogP contribution in [-0.2, 0) is 0 Å². The highest BCUT2D eigenvalue weighted by atomic mass is 16.3. The molecule has 1 heterocycles. The summed E-state index contributed by atoms with van der Waals surface area (Å²) < 4.78 is 0. The van der Waals surface area contributed by atoms with Crippen LogP contribution in [0.5, 0.6) is 5.75 Å². The van der Waals surface area contributed by atoms with Gasteiger partial charge < -0.3 is 15.2 Å². The van der Waals surface area contributed by atoms with Gasteiger partial charge in [0.2, 0.25) is 5.43 Å². The highest BCUT2D eigenvalue weighted by molar-refractivity contribution is 5.88. The maximum absolute atomic E-state index is 10.8. The average Bonchev–Trinajstić information content (AvgIpc) is 2.08. The fraction of sp³-hybridized carbons (Fsp3) is 0.143. The van der Waals surface area contributed by atoms with Crippen molar-refractivity contribution in [2.75, 3.05) is 7.05 Å². The largest absolute Gasteiger partial charge is 0.502 e. The molecule has 0 spiro atoms. The number of pyridine rings is 1. The quantitative estimate of drug-likeness (QED) is 0.292. The Bertz CT molecular complexity index is 367. The summed E-state index contributed by atoms with van der Waals surface area (Å²) in [5, 5.41) is 18.2. The summed E-state index contributed by atoms with van der Waals surface area (Å²) >= 11 is 0. The molecular weight excluding hydrogens is 160 g/mol. The summed E-state index contributed by atoms with van der Waals surface area (Å²) in [6.07, 6.45) is 1.34. The Morgan fingerprint density at radius 2 is 2.33 bits per heavy atom. The molecule has 64 valence electrons. The Morgan fingerprint density at radius 1 is 1.67 bits per heavy atom. The first kappa shape index (κ1) is 8.32. The van der Waals surface area contributed by atoms with Crippen molar-refractivity contribution in [3.8, 4) is 5.75 Å². The molecule has 0 radical (unpaired) electrons. The third kappa shape index (κ3) is 1.29. The van der Waals surface area contributed by atoms with Crippen LogP contribution in [0.2, 0.25) is 0 Å². The van der Waals surface area contributed by atoms with Gasteiger partial charge in [-0.25, -0.2) is 4.99 Å². The summed E-state index contributed by atoms with van der Waals surface area (Å²) in [4.78, 5) is 15.8. The van der Waals surface area contributed by atoms with E-state index in [1.807, 2.05) is 0 Å². The first-order valence-electron chi connectivity index (χ1n) is 3.31. The van der Waals surface area contributed by atoms with Crippen molar-refractivity contribution in [2.24, 2.45) is 0 Å². The number of aliphatic hydroxyl groups is 1. The molecule has 0 aliphatic carbocycles. The molecular formula is C7H9N2O3+. The molecule has 0 atom stereocenters. The number of hydrogen-bond acceptors (Lipinski definition) is 2. The van der Waals surface area contributed by atoms with Crippen molar-refractivity contribution in [3.05, 3.63) is 28.2 Å². The summed E-state index contributed by atoms with van der Waals surface area (Å²) in [6, 6.07) is 1.17. The van der Waals surface area contributed by atoms with Gasteiger partial charge in [0.1, 0.15) is 7.05 Å². The van der Waals surface area contributed by atoms with Crippen molar-refractivity contribution >= 4 is 5.90 Å². The lowest BCUT2D eigenvalue weighted by molar-refractivity contribution is -0.429. The van der Waals surface area contributed by atoms with Crippen molar-refractivity contribution in [3.63, 3.8) is 0 Å². The maximum atomic E-state index is 10.8. The van der Waals surface area contributed by atoms with Crippen LogP contribution >= 0.6 is 0 Å². The molecule has 0 aliphatic heterocycles. The van der Waals surface area contributed by atoms with Gasteiger partial charge in [-0.1, -0.05) is 0 Å². The minimum absolute atomic E-state index is 0.00926. The SMILES string of the molecule is C[NH+]=C(O)c1[nH]ccc(=O)c1O. The zero-order valence-corrected chi connectivity index (χ0v) is 6.46. The van der Waals surface area contributed by atoms with Crippen LogP contribution in [0.25, 0.3) is 0 Å². The fourth-order valence-corrected chi connectivity index (χ4v) is 0.777. The summed E-state index contributed by atoms with van der Waals surface area (Å²) in [5.74, 6) is -0.769. The number of hydrogen-bond donors (Lipinski definition) is 4. The number of aliphatic hydroxyl groups excluding tert-OH is 1. The molecule has 5 heteroatoms. The van der Waals surface area contributed by atoms with E-state index in [9.17, 15) is 4.79 Å². The van der Waals surface area contributed by atoms with Crippen LogP contribution in [-0.4, -0.2) is 28.1 Å². The van der Waals surface area contributed by atoms with Gasteiger partial charge in [-0.2, -0.15) is 0 Å². The van der Waals surface area contributed by atoms with E-state index in [4.69, 9.17) is 10.2 Å². The van der Waals surface area contributed by atoms with Gasteiger partial charge in [-0.15, -0.1) is 0 Å². The lowest BCUT2D eigenvalue weighted by Crippen LogP contribution is -2.68. The Kier molecular flexibility index (Phi) is 2.14. The van der Waals surface area contributed by atoms with Crippen molar-refractivity contribution in [2.45, 2.75) is 0 Å². The Balaban J connectivity index is 3.36. The maximum Gasteiger partial charge on any atom is 0.386 e. The van der Waals surface area contributed by atoms with Crippen LogP contribution in [0.15, 0.2) is 17.1 Å². The van der Waals surface area contributed by atoms with Gasteiger partial charge in [0.25, 0.3) is 0 Å². The van der Waals surface area contributed by atoms with Gasteiger partial charge in [0.15, 0.2) is 11.4 Å². The average molecular weight is 169 g/mol.